The Morgan fingerprint density at radius 1 is 1.02 bits per heavy atom. The molecule has 0 spiro atoms. The molecule has 55 heavy (non-hydrogen) atoms. The minimum Gasteiger partial charge on any atom is -0.497 e. The molecule has 1 amide bonds. The molecular weight excluding hydrogens is 691 g/mol. The van der Waals surface area contributed by atoms with Crippen LogP contribution < -0.4 is 15.4 Å². The smallest absolute Gasteiger partial charge is 0.410 e. The predicted molar refractivity (Wildman–Crippen MR) is 217 cm³/mol. The summed E-state index contributed by atoms with van der Waals surface area (Å²) < 4.78 is 17.5. The van der Waals surface area contributed by atoms with Crippen molar-refractivity contribution in [1.82, 2.24) is 9.88 Å². The summed E-state index contributed by atoms with van der Waals surface area (Å²) >= 11 is 0. The van der Waals surface area contributed by atoms with Gasteiger partial charge >= 0.3 is 6.09 Å². The van der Waals surface area contributed by atoms with Crippen molar-refractivity contribution in [2.45, 2.75) is 64.2 Å². The lowest BCUT2D eigenvalue weighted by Gasteiger charge is -2.35. The molecule has 284 valence electrons. The van der Waals surface area contributed by atoms with Crippen LogP contribution in [0.5, 0.6) is 11.5 Å². The highest BCUT2D eigenvalue weighted by Crippen LogP contribution is 2.34. The Labute approximate surface area is 323 Å². The molecule has 4 aromatic rings. The normalized spacial score (nSPS) is 16.9. The number of pyridine rings is 1. The molecule has 2 heterocycles. The van der Waals surface area contributed by atoms with E-state index in [0.29, 0.717) is 60.9 Å². The van der Waals surface area contributed by atoms with Crippen molar-refractivity contribution >= 4 is 23.3 Å². The number of likely N-dealkylation sites (tertiary alicyclic amines) is 1. The molecule has 0 radical (unpaired) electrons. The monoisotopic (exact) mass is 739 g/mol. The number of ether oxygens (including phenoxy) is 3. The number of nitrogens with one attached hydrogen (secondary N) is 3. The molecule has 6 rings (SSSR count). The molecule has 1 aliphatic carbocycles. The van der Waals surface area contributed by atoms with Gasteiger partial charge in [0.1, 0.15) is 34.8 Å². The van der Waals surface area contributed by atoms with Crippen molar-refractivity contribution in [3.8, 4) is 23.3 Å². The van der Waals surface area contributed by atoms with Gasteiger partial charge in [-0.2, -0.15) is 0 Å². The van der Waals surface area contributed by atoms with Crippen LogP contribution >= 0.6 is 0 Å². The first-order valence-corrected chi connectivity index (χ1v) is 18.6. The third kappa shape index (κ3) is 10.6. The molecule has 1 aromatic heterocycles. The molecule has 3 aromatic carbocycles. The minimum atomic E-state index is -0.946. The molecule has 1 aliphatic heterocycles. The number of allylic oxidation sites excluding steroid dienone is 1. The van der Waals surface area contributed by atoms with Gasteiger partial charge in [0.15, 0.2) is 0 Å². The standard InChI is InChI=1S/C45H49N5O5/c1-45(2,3)55-44(52)50-25-13-17-35(30-50)49-42-34(26-31-14-7-5-8-15-31)29-48-43(47-28-33-16-11-12-18-36(51)27-39(33)53-4)40(42)41(46)32-21-23-38(24-22-32)54-37-19-9-6-10-20-37/h5-10,14-16,19-24,27,29,35-36,46,51H,11,13,17,25-26,28,30H2,1-4H3,(H2,47,48,49). The summed E-state index contributed by atoms with van der Waals surface area (Å²) in [5, 5.41) is 27.4. The number of hydrogen-bond acceptors (Lipinski definition) is 9. The van der Waals surface area contributed by atoms with E-state index >= 15 is 0 Å². The molecule has 2 aliphatic rings. The summed E-state index contributed by atoms with van der Waals surface area (Å²) in [6.07, 6.45) is 6.76. The number of carbonyl (C=O) groups excluding carboxylic acids is 1. The number of amides is 1. The van der Waals surface area contributed by atoms with Crippen molar-refractivity contribution in [1.29, 1.82) is 5.41 Å². The zero-order valence-corrected chi connectivity index (χ0v) is 31.9. The van der Waals surface area contributed by atoms with Crippen LogP contribution in [0.1, 0.15) is 62.3 Å². The predicted octanol–water partition coefficient (Wildman–Crippen LogP) is 8.33. The van der Waals surface area contributed by atoms with Crippen molar-refractivity contribution in [3.63, 3.8) is 0 Å². The number of aliphatic hydroxyl groups excluding tert-OH is 1. The van der Waals surface area contributed by atoms with Gasteiger partial charge in [0.05, 0.1) is 24.1 Å². The molecule has 2 atom stereocenters. The number of methoxy groups -OCH3 is 1. The summed E-state index contributed by atoms with van der Waals surface area (Å²) in [7, 11) is 1.57. The number of anilines is 2. The van der Waals surface area contributed by atoms with E-state index < -0.39 is 11.7 Å². The molecule has 0 bridgehead atoms. The first-order valence-electron chi connectivity index (χ1n) is 18.6. The summed E-state index contributed by atoms with van der Waals surface area (Å²) in [6, 6.07) is 27.1. The summed E-state index contributed by atoms with van der Waals surface area (Å²) in [4.78, 5) is 19.9. The molecular formula is C45H49N5O5. The van der Waals surface area contributed by atoms with Crippen molar-refractivity contribution < 1.29 is 24.1 Å². The van der Waals surface area contributed by atoms with E-state index in [1.54, 1.807) is 18.1 Å². The van der Waals surface area contributed by atoms with Gasteiger partial charge in [-0.05, 0) is 87.2 Å². The van der Waals surface area contributed by atoms with Crippen LogP contribution in [0.15, 0.2) is 115 Å². The molecule has 1 saturated heterocycles. The Kier molecular flexibility index (Phi) is 12.5. The summed E-state index contributed by atoms with van der Waals surface area (Å²) in [5.41, 5.74) is 4.50. The van der Waals surface area contributed by atoms with E-state index in [0.717, 1.165) is 41.0 Å². The van der Waals surface area contributed by atoms with Crippen LogP contribution in [0.3, 0.4) is 0 Å². The maximum atomic E-state index is 13.2. The van der Waals surface area contributed by atoms with Crippen LogP contribution in [0, 0.1) is 17.3 Å². The maximum Gasteiger partial charge on any atom is 0.410 e. The molecule has 10 heteroatoms. The van der Waals surface area contributed by atoms with Gasteiger partial charge in [-0.15, -0.1) is 0 Å². The first kappa shape index (κ1) is 38.7. The topological polar surface area (TPSA) is 129 Å². The van der Waals surface area contributed by atoms with E-state index in [-0.39, 0.29) is 17.8 Å². The lowest BCUT2D eigenvalue weighted by atomic mass is 9.94. The molecule has 4 N–H and O–H groups in total. The molecule has 10 nitrogen and oxygen atoms in total. The van der Waals surface area contributed by atoms with Crippen LogP contribution in [0.25, 0.3) is 0 Å². The second kappa shape index (κ2) is 17.9. The highest BCUT2D eigenvalue weighted by Gasteiger charge is 2.30. The number of rotatable bonds is 12. The van der Waals surface area contributed by atoms with Gasteiger partial charge in [0, 0.05) is 55.9 Å². The Balaban J connectivity index is 1.40. The number of hydrogen-bond donors (Lipinski definition) is 4. The molecule has 2 unspecified atom stereocenters. The first-order chi connectivity index (χ1) is 26.6. The quantitative estimate of drug-likeness (QED) is 0.0844. The molecule has 1 fully saturated rings. The Morgan fingerprint density at radius 2 is 1.73 bits per heavy atom. The lowest BCUT2D eigenvalue weighted by Crippen LogP contribution is -2.47. The van der Waals surface area contributed by atoms with E-state index in [1.807, 2.05) is 106 Å². The second-order valence-electron chi connectivity index (χ2n) is 14.6. The van der Waals surface area contributed by atoms with Crippen LogP contribution in [0.4, 0.5) is 16.3 Å². The second-order valence-corrected chi connectivity index (χ2v) is 14.6. The van der Waals surface area contributed by atoms with E-state index in [2.05, 4.69) is 34.6 Å². The third-order valence-corrected chi connectivity index (χ3v) is 9.18. The highest BCUT2D eigenvalue weighted by atomic mass is 16.6. The number of aliphatic hydroxyl groups is 1. The Bertz CT molecular complexity index is 2080. The summed E-state index contributed by atoms with van der Waals surface area (Å²) in [6.45, 7) is 6.98. The maximum absolute atomic E-state index is 13.2. The van der Waals surface area contributed by atoms with Crippen molar-refractivity contribution in [2.75, 3.05) is 37.4 Å². The van der Waals surface area contributed by atoms with Crippen molar-refractivity contribution in [2.24, 2.45) is 0 Å². The fraction of sp³-hybridized carbons (Fsp3) is 0.311. The fourth-order valence-corrected chi connectivity index (χ4v) is 6.56. The zero-order chi connectivity index (χ0) is 38.8. The van der Waals surface area contributed by atoms with E-state index in [9.17, 15) is 15.3 Å². The third-order valence-electron chi connectivity index (χ3n) is 9.18. The van der Waals surface area contributed by atoms with Gasteiger partial charge in [0.25, 0.3) is 0 Å². The Morgan fingerprint density at radius 3 is 2.44 bits per heavy atom. The number of nitrogens with zero attached hydrogens (tertiary/aromatic N) is 2. The average Bonchev–Trinajstić information content (AvgIpc) is 3.17. The summed E-state index contributed by atoms with van der Waals surface area (Å²) in [5.74, 6) is 8.16. The minimum absolute atomic E-state index is 0.115. The zero-order valence-electron chi connectivity index (χ0n) is 31.9. The Hall–Kier alpha value is -6.05. The number of carbonyl (C=O) groups is 1. The van der Waals surface area contributed by atoms with Crippen molar-refractivity contribution in [3.05, 3.63) is 137 Å². The van der Waals surface area contributed by atoms with Gasteiger partial charge in [-0.3, -0.25) is 5.41 Å². The van der Waals surface area contributed by atoms with Gasteiger partial charge < -0.3 is 34.9 Å². The van der Waals surface area contributed by atoms with Crippen LogP contribution in [-0.4, -0.2) is 71.3 Å². The number of aromatic nitrogens is 1. The van der Waals surface area contributed by atoms with Crippen LogP contribution in [-0.2, 0) is 15.9 Å². The van der Waals surface area contributed by atoms with Gasteiger partial charge in [-0.25, -0.2) is 9.78 Å². The number of benzene rings is 3. The fourth-order valence-electron chi connectivity index (χ4n) is 6.56. The largest absolute Gasteiger partial charge is 0.497 e. The van der Waals surface area contributed by atoms with Gasteiger partial charge in [-0.1, -0.05) is 66.4 Å². The highest BCUT2D eigenvalue weighted by molar-refractivity contribution is 6.17. The van der Waals surface area contributed by atoms with E-state index in [4.69, 9.17) is 19.2 Å². The number of para-hydroxylation sites is 1. The lowest BCUT2D eigenvalue weighted by molar-refractivity contribution is 0.0206. The van der Waals surface area contributed by atoms with E-state index in [1.165, 1.54) is 0 Å². The average molecular weight is 740 g/mol. The van der Waals surface area contributed by atoms with Gasteiger partial charge in [0.2, 0.25) is 0 Å². The molecule has 0 saturated carbocycles. The van der Waals surface area contributed by atoms with Crippen LogP contribution in [0.2, 0.25) is 0 Å². The SMILES string of the molecule is COC1=CC(O)C#CCC=C1CNc1ncc(Cc2ccccc2)c(NC2CCCN(C(=O)OC(C)(C)C)C2)c1C(=N)c1ccc(Oc2ccccc2)cc1. The number of piperidine rings is 1.